The fourth-order valence-corrected chi connectivity index (χ4v) is 2.40. The molecule has 2 rings (SSSR count). The van der Waals surface area contributed by atoms with Gasteiger partial charge in [0, 0.05) is 24.3 Å². The molecule has 5 nitrogen and oxygen atoms in total. The minimum atomic E-state index is 0. The Kier molecular flexibility index (Phi) is 10.5. The zero-order valence-corrected chi connectivity index (χ0v) is 17.0. The molecule has 0 fully saturated rings. The van der Waals surface area contributed by atoms with Gasteiger partial charge in [0.1, 0.15) is 0 Å². The monoisotopic (exact) mass is 444 g/mol. The Hall–Kier alpha value is -1.31. The molecule has 0 saturated heterocycles. The Balaban J connectivity index is 0.00000288. The smallest absolute Gasteiger partial charge is 0.218 e. The molecule has 1 aromatic heterocycles. The number of guanidine groups is 1. The van der Waals surface area contributed by atoms with Gasteiger partial charge < -0.3 is 15.4 Å². The van der Waals surface area contributed by atoms with Gasteiger partial charge in [-0.2, -0.15) is 0 Å². The highest BCUT2D eigenvalue weighted by atomic mass is 127. The molecule has 0 radical (unpaired) electrons. The van der Waals surface area contributed by atoms with Gasteiger partial charge in [-0.15, -0.1) is 24.0 Å². The van der Waals surface area contributed by atoms with Crippen LogP contribution in [0.2, 0.25) is 0 Å². The lowest BCUT2D eigenvalue weighted by molar-refractivity contribution is 0.294. The van der Waals surface area contributed by atoms with Crippen molar-refractivity contribution >= 4 is 29.9 Å². The third-order valence-corrected chi connectivity index (χ3v) is 3.69. The summed E-state index contributed by atoms with van der Waals surface area (Å²) in [5, 5.41) is 6.78. The van der Waals surface area contributed by atoms with Gasteiger partial charge in [0.05, 0.1) is 13.2 Å². The lowest BCUT2D eigenvalue weighted by atomic mass is 10.2. The summed E-state index contributed by atoms with van der Waals surface area (Å²) in [6, 6.07) is 4.40. The molecule has 2 N–H and O–H groups in total. The highest BCUT2D eigenvalue weighted by molar-refractivity contribution is 14.0. The standard InChI is InChI=1S/C18H28N4O.HI/c1-3-5-13-23-17-15(9-8-12-20-17)14-21-18(19-4-2)22-16-10-6-7-11-16;/h6-9,12,16H,3-5,10-11,13-14H2,1-2H3,(H2,19,21,22);1H. The van der Waals surface area contributed by atoms with Gasteiger partial charge in [0.2, 0.25) is 5.88 Å². The van der Waals surface area contributed by atoms with E-state index in [4.69, 9.17) is 4.74 Å². The van der Waals surface area contributed by atoms with E-state index in [0.717, 1.165) is 43.8 Å². The number of hydrogen-bond acceptors (Lipinski definition) is 3. The second-order valence-electron chi connectivity index (χ2n) is 5.65. The predicted molar refractivity (Wildman–Crippen MR) is 110 cm³/mol. The zero-order chi connectivity index (χ0) is 16.3. The first-order chi connectivity index (χ1) is 11.3. The van der Waals surface area contributed by atoms with Crippen LogP contribution in [0.4, 0.5) is 0 Å². The highest BCUT2D eigenvalue weighted by Crippen LogP contribution is 2.16. The average Bonchev–Trinajstić information content (AvgIpc) is 3.07. The Morgan fingerprint density at radius 2 is 2.12 bits per heavy atom. The van der Waals surface area contributed by atoms with Crippen LogP contribution < -0.4 is 15.4 Å². The first-order valence-corrected chi connectivity index (χ1v) is 8.60. The van der Waals surface area contributed by atoms with Crippen molar-refractivity contribution in [1.29, 1.82) is 0 Å². The molecule has 0 spiro atoms. The third kappa shape index (κ3) is 7.07. The summed E-state index contributed by atoms with van der Waals surface area (Å²) in [5.41, 5.74) is 1.02. The third-order valence-electron chi connectivity index (χ3n) is 3.69. The van der Waals surface area contributed by atoms with Crippen LogP contribution in [-0.2, 0) is 6.54 Å². The molecule has 1 aliphatic rings. The molecule has 0 aromatic carbocycles. The molecule has 0 amide bonds. The van der Waals surface area contributed by atoms with Crippen molar-refractivity contribution in [2.45, 2.75) is 52.1 Å². The van der Waals surface area contributed by atoms with Crippen molar-refractivity contribution in [2.75, 3.05) is 13.2 Å². The van der Waals surface area contributed by atoms with Crippen LogP contribution in [0.15, 0.2) is 35.5 Å². The fourth-order valence-electron chi connectivity index (χ4n) is 2.40. The maximum Gasteiger partial charge on any atom is 0.218 e. The van der Waals surface area contributed by atoms with Crippen LogP contribution >= 0.6 is 24.0 Å². The molecule has 0 bridgehead atoms. The van der Waals surface area contributed by atoms with E-state index in [9.17, 15) is 0 Å². The number of rotatable bonds is 8. The maximum atomic E-state index is 5.77. The van der Waals surface area contributed by atoms with Crippen molar-refractivity contribution in [3.63, 3.8) is 0 Å². The van der Waals surface area contributed by atoms with Gasteiger partial charge in [-0.05, 0) is 32.3 Å². The molecule has 134 valence electrons. The number of hydrogen-bond donors (Lipinski definition) is 2. The second kappa shape index (κ2) is 12.1. The van der Waals surface area contributed by atoms with Gasteiger partial charge in [0.25, 0.3) is 0 Å². The fraction of sp³-hybridized carbons (Fsp3) is 0.556. The second-order valence-corrected chi connectivity index (χ2v) is 5.65. The molecule has 1 heterocycles. The summed E-state index contributed by atoms with van der Waals surface area (Å²) >= 11 is 0. The molecule has 6 heteroatoms. The van der Waals surface area contributed by atoms with E-state index in [0.29, 0.717) is 25.1 Å². The van der Waals surface area contributed by atoms with E-state index in [1.807, 2.05) is 12.1 Å². The van der Waals surface area contributed by atoms with E-state index in [1.165, 1.54) is 0 Å². The summed E-state index contributed by atoms with van der Waals surface area (Å²) in [4.78, 5) is 9.02. The van der Waals surface area contributed by atoms with Gasteiger partial charge >= 0.3 is 0 Å². The van der Waals surface area contributed by atoms with Gasteiger partial charge in [-0.3, -0.25) is 0 Å². The van der Waals surface area contributed by atoms with Crippen LogP contribution in [0.3, 0.4) is 0 Å². The summed E-state index contributed by atoms with van der Waals surface area (Å²) in [6.45, 7) is 6.34. The number of nitrogens with one attached hydrogen (secondary N) is 2. The molecule has 24 heavy (non-hydrogen) atoms. The number of aromatic nitrogens is 1. The number of pyridine rings is 1. The Morgan fingerprint density at radius 3 is 2.83 bits per heavy atom. The Morgan fingerprint density at radius 1 is 1.33 bits per heavy atom. The molecule has 0 aliphatic heterocycles. The summed E-state index contributed by atoms with van der Waals surface area (Å²) < 4.78 is 5.77. The zero-order valence-electron chi connectivity index (χ0n) is 14.6. The number of halogens is 1. The molecule has 0 unspecified atom stereocenters. The van der Waals surface area contributed by atoms with E-state index in [2.05, 4.69) is 46.6 Å². The number of ether oxygens (including phenoxy) is 1. The quantitative estimate of drug-likeness (QED) is 0.211. The largest absolute Gasteiger partial charge is 0.477 e. The van der Waals surface area contributed by atoms with Crippen molar-refractivity contribution in [1.82, 2.24) is 15.6 Å². The summed E-state index contributed by atoms with van der Waals surface area (Å²) in [7, 11) is 0. The van der Waals surface area contributed by atoms with Crippen LogP contribution in [0, 0.1) is 0 Å². The van der Waals surface area contributed by atoms with Crippen molar-refractivity contribution in [3.05, 3.63) is 36.0 Å². The average molecular weight is 444 g/mol. The molecular formula is C18H29IN4O. The minimum absolute atomic E-state index is 0. The van der Waals surface area contributed by atoms with Gasteiger partial charge in [0.15, 0.2) is 5.96 Å². The van der Waals surface area contributed by atoms with E-state index in [1.54, 1.807) is 6.20 Å². The van der Waals surface area contributed by atoms with E-state index in [-0.39, 0.29) is 24.0 Å². The van der Waals surface area contributed by atoms with Crippen LogP contribution in [0.1, 0.15) is 45.1 Å². The normalized spacial score (nSPS) is 14.3. The number of unbranched alkanes of at least 4 members (excludes halogenated alkanes) is 1. The van der Waals surface area contributed by atoms with E-state index >= 15 is 0 Å². The summed E-state index contributed by atoms with van der Waals surface area (Å²) in [6.07, 6.45) is 10.5. The topological polar surface area (TPSA) is 58.5 Å². The van der Waals surface area contributed by atoms with Crippen molar-refractivity contribution in [3.8, 4) is 5.88 Å². The first kappa shape index (κ1) is 20.7. The Bertz CT molecular complexity index is 526. The molecule has 0 saturated carbocycles. The molecule has 1 aromatic rings. The van der Waals surface area contributed by atoms with Crippen LogP contribution in [0.5, 0.6) is 5.88 Å². The highest BCUT2D eigenvalue weighted by Gasteiger charge is 2.12. The number of aliphatic imine (C=N–C) groups is 1. The predicted octanol–water partition coefficient (Wildman–Crippen LogP) is 3.65. The van der Waals surface area contributed by atoms with Crippen LogP contribution in [0.25, 0.3) is 0 Å². The van der Waals surface area contributed by atoms with Gasteiger partial charge in [-0.25, -0.2) is 9.98 Å². The lowest BCUT2D eigenvalue weighted by Gasteiger charge is -2.17. The first-order valence-electron chi connectivity index (χ1n) is 8.60. The van der Waals surface area contributed by atoms with Crippen LogP contribution in [-0.4, -0.2) is 30.1 Å². The summed E-state index contributed by atoms with van der Waals surface area (Å²) in [5.74, 6) is 1.55. The minimum Gasteiger partial charge on any atom is -0.477 e. The molecule has 1 aliphatic carbocycles. The molecular weight excluding hydrogens is 415 g/mol. The Labute approximate surface area is 162 Å². The SMILES string of the molecule is CCCCOc1ncccc1CN=C(NCC)NC1CC=CC1.I. The number of nitrogens with zero attached hydrogens (tertiary/aromatic N) is 2. The van der Waals surface area contributed by atoms with E-state index < -0.39 is 0 Å². The van der Waals surface area contributed by atoms with Crippen molar-refractivity contribution < 1.29 is 4.74 Å². The van der Waals surface area contributed by atoms with Gasteiger partial charge in [-0.1, -0.05) is 31.6 Å². The van der Waals surface area contributed by atoms with Crippen molar-refractivity contribution in [2.24, 2.45) is 4.99 Å². The maximum absolute atomic E-state index is 5.77. The molecule has 0 atom stereocenters. The lowest BCUT2D eigenvalue weighted by Crippen LogP contribution is -2.42.